The Kier molecular flexibility index (Phi) is 8.88. The summed E-state index contributed by atoms with van der Waals surface area (Å²) >= 11 is 6.23. The second kappa shape index (κ2) is 11.1. The van der Waals surface area contributed by atoms with Gasteiger partial charge in [0.2, 0.25) is 15.9 Å². The van der Waals surface area contributed by atoms with Crippen LogP contribution >= 0.6 is 11.6 Å². The molecule has 1 atom stereocenters. The number of hydrogen-bond acceptors (Lipinski definition) is 7. The number of phenolic OH excluding ortho intramolecular Hbond substituents is 1. The summed E-state index contributed by atoms with van der Waals surface area (Å²) < 4.78 is 27.7. The fourth-order valence-corrected chi connectivity index (χ4v) is 4.48. The number of benzene rings is 2. The van der Waals surface area contributed by atoms with Gasteiger partial charge in [0.15, 0.2) is 0 Å². The molecule has 0 aliphatic heterocycles. The van der Waals surface area contributed by atoms with E-state index in [0.29, 0.717) is 0 Å². The van der Waals surface area contributed by atoms with E-state index in [1.54, 1.807) is 39.8 Å². The number of hydrogen-bond donors (Lipinski definition) is 5. The molecule has 12 heteroatoms. The van der Waals surface area contributed by atoms with Crippen LogP contribution in [0.1, 0.15) is 39.7 Å². The van der Waals surface area contributed by atoms with Gasteiger partial charge in [0.25, 0.3) is 5.91 Å². The minimum atomic E-state index is -3.96. The zero-order valence-electron chi connectivity index (χ0n) is 20.0. The Labute approximate surface area is 209 Å². The van der Waals surface area contributed by atoms with Gasteiger partial charge in [-0.05, 0) is 31.5 Å². The molecule has 0 heterocycles. The van der Waals surface area contributed by atoms with E-state index in [9.17, 15) is 23.1 Å². The van der Waals surface area contributed by atoms with Crippen molar-refractivity contribution in [2.75, 3.05) is 10.6 Å². The predicted octanol–water partition coefficient (Wildman–Crippen LogP) is 3.86. The van der Waals surface area contributed by atoms with Gasteiger partial charge in [-0.15, -0.1) is 0 Å². The van der Waals surface area contributed by atoms with Crippen molar-refractivity contribution in [2.45, 2.75) is 52.0 Å². The summed E-state index contributed by atoms with van der Waals surface area (Å²) in [7, 11) is -3.96. The number of carbonyl (C=O) groups is 2. The van der Waals surface area contributed by atoms with Crippen LogP contribution in [0.25, 0.3) is 0 Å². The molecule has 2 rings (SSSR count). The molecule has 0 aliphatic carbocycles. The standard InChI is InChI=1S/C23H29ClN4O6S/c1-6-16(28-35(33,34)14-9-7-13(2)8-10-14)21(30)25-17-12-19(29)18(11-15(17)24)26-22(31)20(27-32)23(3,4)5/h7-12,16,28-29,32H,6H2,1-5H3,(H,25,30)(H,26,31). The van der Waals surface area contributed by atoms with Crippen LogP contribution in [-0.2, 0) is 19.6 Å². The quantitative estimate of drug-likeness (QED) is 0.153. The summed E-state index contributed by atoms with van der Waals surface area (Å²) in [5, 5.41) is 27.4. The monoisotopic (exact) mass is 524 g/mol. The van der Waals surface area contributed by atoms with Crippen LogP contribution in [0.15, 0.2) is 46.4 Å². The molecule has 2 aromatic rings. The third-order valence-electron chi connectivity index (χ3n) is 4.97. The maximum atomic E-state index is 12.8. The third kappa shape index (κ3) is 7.17. The molecule has 5 N–H and O–H groups in total. The van der Waals surface area contributed by atoms with Crippen molar-refractivity contribution in [2.24, 2.45) is 10.6 Å². The molecule has 0 bridgehead atoms. The fraction of sp³-hybridized carbons (Fsp3) is 0.348. The first-order chi connectivity index (χ1) is 16.2. The topological polar surface area (TPSA) is 157 Å². The van der Waals surface area contributed by atoms with Gasteiger partial charge in [-0.25, -0.2) is 8.42 Å². The Bertz CT molecular complexity index is 1240. The van der Waals surface area contributed by atoms with Gasteiger partial charge in [0.05, 0.1) is 21.3 Å². The molecule has 0 spiro atoms. The number of aromatic hydroxyl groups is 1. The molecule has 0 radical (unpaired) electrons. The number of oxime groups is 1. The minimum absolute atomic E-state index is 0.00650. The lowest BCUT2D eigenvalue weighted by molar-refractivity contribution is -0.117. The SMILES string of the molecule is CCC(NS(=O)(=O)c1ccc(C)cc1)C(=O)Nc1cc(O)c(NC(=O)C(=NO)C(C)(C)C)cc1Cl. The molecule has 0 fully saturated rings. The highest BCUT2D eigenvalue weighted by Gasteiger charge is 2.28. The summed E-state index contributed by atoms with van der Waals surface area (Å²) in [5.74, 6) is -1.86. The van der Waals surface area contributed by atoms with E-state index in [0.717, 1.165) is 11.6 Å². The molecule has 1 unspecified atom stereocenters. The number of nitrogens with zero attached hydrogens (tertiary/aromatic N) is 1. The summed E-state index contributed by atoms with van der Waals surface area (Å²) in [6.07, 6.45) is 0.144. The van der Waals surface area contributed by atoms with E-state index in [4.69, 9.17) is 16.8 Å². The Morgan fingerprint density at radius 2 is 1.69 bits per heavy atom. The highest BCUT2D eigenvalue weighted by Crippen LogP contribution is 2.34. The molecule has 190 valence electrons. The Morgan fingerprint density at radius 3 is 2.20 bits per heavy atom. The van der Waals surface area contributed by atoms with E-state index in [-0.39, 0.29) is 33.4 Å². The van der Waals surface area contributed by atoms with Crippen LogP contribution in [0.2, 0.25) is 5.02 Å². The number of carbonyl (C=O) groups excluding carboxylic acids is 2. The normalized spacial score (nSPS) is 13.3. The lowest BCUT2D eigenvalue weighted by Crippen LogP contribution is -2.43. The summed E-state index contributed by atoms with van der Waals surface area (Å²) in [6, 6.07) is 7.38. The zero-order chi connectivity index (χ0) is 26.6. The van der Waals surface area contributed by atoms with Crippen LogP contribution in [0.5, 0.6) is 5.75 Å². The number of anilines is 2. The van der Waals surface area contributed by atoms with Crippen LogP contribution in [-0.4, -0.2) is 42.3 Å². The zero-order valence-corrected chi connectivity index (χ0v) is 21.6. The first kappa shape index (κ1) is 28.1. The second-order valence-corrected chi connectivity index (χ2v) is 11.0. The largest absolute Gasteiger partial charge is 0.506 e. The molecular formula is C23H29ClN4O6S. The number of sulfonamides is 1. The van der Waals surface area contributed by atoms with Crippen molar-refractivity contribution in [3.8, 4) is 5.75 Å². The molecular weight excluding hydrogens is 496 g/mol. The highest BCUT2D eigenvalue weighted by molar-refractivity contribution is 7.89. The predicted molar refractivity (Wildman–Crippen MR) is 135 cm³/mol. The molecule has 0 saturated heterocycles. The second-order valence-electron chi connectivity index (χ2n) is 8.89. The number of nitrogens with one attached hydrogen (secondary N) is 3. The Balaban J connectivity index is 2.20. The number of amides is 2. The van der Waals surface area contributed by atoms with Crippen molar-refractivity contribution in [3.63, 3.8) is 0 Å². The fourth-order valence-electron chi connectivity index (χ4n) is 2.99. The van der Waals surface area contributed by atoms with Crippen molar-refractivity contribution >= 4 is 50.5 Å². The van der Waals surface area contributed by atoms with Gasteiger partial charge in [0, 0.05) is 11.5 Å². The lowest BCUT2D eigenvalue weighted by Gasteiger charge is -2.20. The van der Waals surface area contributed by atoms with Gasteiger partial charge in [-0.2, -0.15) is 4.72 Å². The van der Waals surface area contributed by atoms with Gasteiger partial charge in [0.1, 0.15) is 17.5 Å². The molecule has 35 heavy (non-hydrogen) atoms. The summed E-state index contributed by atoms with van der Waals surface area (Å²) in [5.41, 5.74) is -0.117. The molecule has 2 amide bonds. The van der Waals surface area contributed by atoms with Crippen molar-refractivity contribution < 1.29 is 28.3 Å². The number of halogens is 1. The molecule has 0 aliphatic rings. The van der Waals surface area contributed by atoms with Gasteiger partial charge < -0.3 is 20.9 Å². The van der Waals surface area contributed by atoms with Gasteiger partial charge in [-0.3, -0.25) is 9.59 Å². The van der Waals surface area contributed by atoms with Crippen molar-refractivity contribution in [1.29, 1.82) is 0 Å². The molecule has 0 saturated carbocycles. The summed E-state index contributed by atoms with van der Waals surface area (Å²) in [4.78, 5) is 25.2. The number of rotatable bonds is 8. The number of phenols is 1. The van der Waals surface area contributed by atoms with Gasteiger partial charge >= 0.3 is 0 Å². The smallest absolute Gasteiger partial charge is 0.274 e. The van der Waals surface area contributed by atoms with Crippen LogP contribution in [0.3, 0.4) is 0 Å². The minimum Gasteiger partial charge on any atom is -0.506 e. The first-order valence-electron chi connectivity index (χ1n) is 10.7. The van der Waals surface area contributed by atoms with E-state index in [1.807, 2.05) is 6.92 Å². The van der Waals surface area contributed by atoms with E-state index >= 15 is 0 Å². The maximum Gasteiger partial charge on any atom is 0.274 e. The van der Waals surface area contributed by atoms with Crippen molar-refractivity contribution in [1.82, 2.24) is 4.72 Å². The highest BCUT2D eigenvalue weighted by atomic mass is 35.5. The van der Waals surface area contributed by atoms with E-state index in [1.165, 1.54) is 18.2 Å². The van der Waals surface area contributed by atoms with E-state index in [2.05, 4.69) is 20.5 Å². The Hall–Kier alpha value is -3.15. The average molecular weight is 525 g/mol. The van der Waals surface area contributed by atoms with Gasteiger partial charge in [-0.1, -0.05) is 62.1 Å². The average Bonchev–Trinajstić information content (AvgIpc) is 2.75. The van der Waals surface area contributed by atoms with Crippen LogP contribution in [0, 0.1) is 12.3 Å². The molecule has 10 nitrogen and oxygen atoms in total. The van der Waals surface area contributed by atoms with E-state index < -0.39 is 39.0 Å². The van der Waals surface area contributed by atoms with Crippen LogP contribution < -0.4 is 15.4 Å². The number of aryl methyl sites for hydroxylation is 1. The molecule has 2 aromatic carbocycles. The Morgan fingerprint density at radius 1 is 1.09 bits per heavy atom. The van der Waals surface area contributed by atoms with Crippen LogP contribution in [0.4, 0.5) is 11.4 Å². The summed E-state index contributed by atoms with van der Waals surface area (Å²) in [6.45, 7) is 8.47. The molecule has 0 aromatic heterocycles. The lowest BCUT2D eigenvalue weighted by atomic mass is 9.89. The third-order valence-corrected chi connectivity index (χ3v) is 6.77. The first-order valence-corrected chi connectivity index (χ1v) is 12.5. The maximum absolute atomic E-state index is 12.8. The van der Waals surface area contributed by atoms with Crippen molar-refractivity contribution in [3.05, 3.63) is 47.0 Å².